The maximum absolute atomic E-state index is 5.49. The van der Waals surface area contributed by atoms with E-state index in [9.17, 15) is 0 Å². The Labute approximate surface area is 182 Å². The fourth-order valence-electron chi connectivity index (χ4n) is 4.77. The van der Waals surface area contributed by atoms with Gasteiger partial charge in [0.05, 0.1) is 17.9 Å². The smallest absolute Gasteiger partial charge is 0.0906 e. The van der Waals surface area contributed by atoms with Crippen LogP contribution in [0.1, 0.15) is 72.1 Å². The number of methoxy groups -OCH3 is 1. The van der Waals surface area contributed by atoms with Crippen molar-refractivity contribution in [2.45, 2.75) is 71.8 Å². The Bertz CT molecular complexity index is 1060. The molecule has 1 aliphatic rings. The SMILES string of the molecule is C=C(COC)C1(C)N=C(C=C(C)C)c2cc(C(C)(C)C)c3ccccc3c2C1(C)C. The molecule has 1 aliphatic heterocycles. The van der Waals surface area contributed by atoms with Gasteiger partial charge in [0.2, 0.25) is 0 Å². The summed E-state index contributed by atoms with van der Waals surface area (Å²) in [4.78, 5) is 5.36. The highest BCUT2D eigenvalue weighted by Gasteiger charge is 2.49. The normalized spacial score (nSPS) is 20.5. The number of aliphatic imine (C=N–C) groups is 1. The van der Waals surface area contributed by atoms with Crippen LogP contribution in [0, 0.1) is 0 Å². The molecule has 1 unspecified atom stereocenters. The van der Waals surface area contributed by atoms with Gasteiger partial charge in [-0.2, -0.15) is 0 Å². The van der Waals surface area contributed by atoms with Gasteiger partial charge in [-0.15, -0.1) is 0 Å². The van der Waals surface area contributed by atoms with Crippen LogP contribution in [-0.2, 0) is 15.6 Å². The summed E-state index contributed by atoms with van der Waals surface area (Å²) in [6.07, 6.45) is 2.22. The van der Waals surface area contributed by atoms with Crippen molar-refractivity contribution >= 4 is 16.5 Å². The lowest BCUT2D eigenvalue weighted by Crippen LogP contribution is -2.50. The summed E-state index contributed by atoms with van der Waals surface area (Å²) in [5.41, 5.74) is 6.57. The fourth-order valence-corrected chi connectivity index (χ4v) is 4.77. The highest BCUT2D eigenvalue weighted by atomic mass is 16.5. The molecule has 0 amide bonds. The van der Waals surface area contributed by atoms with E-state index in [2.05, 4.69) is 98.4 Å². The summed E-state index contributed by atoms with van der Waals surface area (Å²) in [6, 6.07) is 11.2. The van der Waals surface area contributed by atoms with E-state index in [1.807, 2.05) is 0 Å². The minimum Gasteiger partial charge on any atom is -0.380 e. The molecule has 1 atom stereocenters. The van der Waals surface area contributed by atoms with Gasteiger partial charge in [0.25, 0.3) is 0 Å². The van der Waals surface area contributed by atoms with Crippen molar-refractivity contribution < 1.29 is 4.74 Å². The summed E-state index contributed by atoms with van der Waals surface area (Å²) in [7, 11) is 1.73. The third-order valence-corrected chi connectivity index (χ3v) is 6.75. The molecule has 1 heterocycles. The van der Waals surface area contributed by atoms with Gasteiger partial charge in [-0.05, 0) is 65.8 Å². The molecule has 160 valence electrons. The molecular formula is C28H37NO. The highest BCUT2D eigenvalue weighted by molar-refractivity contribution is 6.15. The molecule has 0 aromatic heterocycles. The van der Waals surface area contributed by atoms with Crippen LogP contribution in [-0.4, -0.2) is 25.0 Å². The molecule has 0 spiro atoms. The average molecular weight is 404 g/mol. The van der Waals surface area contributed by atoms with E-state index in [1.54, 1.807) is 7.11 Å². The Morgan fingerprint density at radius 2 is 1.70 bits per heavy atom. The number of ether oxygens (including phenoxy) is 1. The summed E-state index contributed by atoms with van der Waals surface area (Å²) in [5.74, 6) is 0. The molecule has 3 rings (SSSR count). The molecule has 2 nitrogen and oxygen atoms in total. The number of nitrogens with zero attached hydrogens (tertiary/aromatic N) is 1. The molecular weight excluding hydrogens is 366 g/mol. The predicted molar refractivity (Wildman–Crippen MR) is 131 cm³/mol. The van der Waals surface area contributed by atoms with Crippen LogP contribution in [0.15, 0.2) is 59.1 Å². The summed E-state index contributed by atoms with van der Waals surface area (Å²) >= 11 is 0. The van der Waals surface area contributed by atoms with Gasteiger partial charge in [0.15, 0.2) is 0 Å². The van der Waals surface area contributed by atoms with Crippen molar-refractivity contribution in [3.63, 3.8) is 0 Å². The van der Waals surface area contributed by atoms with Crippen molar-refractivity contribution in [1.82, 2.24) is 0 Å². The molecule has 2 heteroatoms. The van der Waals surface area contributed by atoms with Crippen LogP contribution >= 0.6 is 0 Å². The number of hydrogen-bond acceptors (Lipinski definition) is 2. The highest BCUT2D eigenvalue weighted by Crippen LogP contribution is 2.50. The topological polar surface area (TPSA) is 21.6 Å². The second-order valence-electron chi connectivity index (χ2n) is 10.6. The summed E-state index contributed by atoms with van der Waals surface area (Å²) in [5, 5.41) is 2.64. The van der Waals surface area contributed by atoms with Crippen LogP contribution in [0.2, 0.25) is 0 Å². The maximum Gasteiger partial charge on any atom is 0.0906 e. The number of allylic oxidation sites excluding steroid dienone is 2. The molecule has 2 aromatic rings. The number of benzene rings is 2. The molecule has 30 heavy (non-hydrogen) atoms. The van der Waals surface area contributed by atoms with Crippen molar-refractivity contribution in [1.29, 1.82) is 0 Å². The second kappa shape index (κ2) is 7.50. The van der Waals surface area contributed by atoms with Crippen LogP contribution in [0.3, 0.4) is 0 Å². The van der Waals surface area contributed by atoms with Gasteiger partial charge in [-0.1, -0.05) is 71.0 Å². The van der Waals surface area contributed by atoms with Crippen molar-refractivity contribution in [3.8, 4) is 0 Å². The number of hydrogen-bond donors (Lipinski definition) is 0. The largest absolute Gasteiger partial charge is 0.380 e. The van der Waals surface area contributed by atoms with Crippen molar-refractivity contribution in [3.05, 3.63) is 70.8 Å². The molecule has 0 radical (unpaired) electrons. The molecule has 0 N–H and O–H groups in total. The first-order chi connectivity index (χ1) is 13.8. The first-order valence-electron chi connectivity index (χ1n) is 10.8. The first kappa shape index (κ1) is 22.5. The molecule has 0 saturated carbocycles. The summed E-state index contributed by atoms with van der Waals surface area (Å²) in [6.45, 7) is 22.9. The van der Waals surface area contributed by atoms with E-state index in [0.29, 0.717) is 6.61 Å². The van der Waals surface area contributed by atoms with Gasteiger partial charge in [0.1, 0.15) is 0 Å². The van der Waals surface area contributed by atoms with Gasteiger partial charge >= 0.3 is 0 Å². The van der Waals surface area contributed by atoms with Crippen LogP contribution in [0.25, 0.3) is 10.8 Å². The lowest BCUT2D eigenvalue weighted by atomic mass is 9.61. The Balaban J connectivity index is 2.51. The zero-order valence-electron chi connectivity index (χ0n) is 20.2. The Morgan fingerprint density at radius 3 is 2.23 bits per heavy atom. The van der Waals surface area contributed by atoms with E-state index in [1.165, 1.54) is 33.0 Å². The Kier molecular flexibility index (Phi) is 5.62. The predicted octanol–water partition coefficient (Wildman–Crippen LogP) is 7.15. The minimum absolute atomic E-state index is 0.0370. The van der Waals surface area contributed by atoms with E-state index in [0.717, 1.165) is 11.3 Å². The zero-order valence-corrected chi connectivity index (χ0v) is 20.2. The van der Waals surface area contributed by atoms with Crippen molar-refractivity contribution in [2.75, 3.05) is 13.7 Å². The van der Waals surface area contributed by atoms with E-state index in [4.69, 9.17) is 9.73 Å². The lowest BCUT2D eigenvalue weighted by Gasteiger charge is -2.48. The monoisotopic (exact) mass is 403 g/mol. The number of fused-ring (bicyclic) bond motifs is 3. The molecule has 0 saturated heterocycles. The van der Waals surface area contributed by atoms with Crippen LogP contribution in [0.4, 0.5) is 0 Å². The Morgan fingerprint density at radius 1 is 1.10 bits per heavy atom. The van der Waals surface area contributed by atoms with Crippen LogP contribution < -0.4 is 0 Å². The summed E-state index contributed by atoms with van der Waals surface area (Å²) < 4.78 is 5.49. The lowest BCUT2D eigenvalue weighted by molar-refractivity contribution is 0.198. The third kappa shape index (κ3) is 3.46. The van der Waals surface area contributed by atoms with E-state index >= 15 is 0 Å². The van der Waals surface area contributed by atoms with Gasteiger partial charge in [-0.3, -0.25) is 4.99 Å². The third-order valence-electron chi connectivity index (χ3n) is 6.75. The standard InChI is InChI=1S/C28H37NO/c1-18(2)15-24-22-16-23(26(4,5)6)20-13-11-12-14-21(20)25(22)27(7,8)28(9,29-24)19(3)17-30-10/h11-16H,3,17H2,1-2,4-10H3. The molecule has 0 aliphatic carbocycles. The van der Waals surface area contributed by atoms with Gasteiger partial charge in [-0.25, -0.2) is 0 Å². The minimum atomic E-state index is -0.469. The molecule has 0 bridgehead atoms. The Hall–Kier alpha value is -2.19. The van der Waals surface area contributed by atoms with Gasteiger partial charge in [0, 0.05) is 18.1 Å². The van der Waals surface area contributed by atoms with Crippen LogP contribution in [0.5, 0.6) is 0 Å². The molecule has 0 fully saturated rings. The maximum atomic E-state index is 5.49. The zero-order chi connectivity index (χ0) is 22.5. The average Bonchev–Trinajstić information content (AvgIpc) is 2.63. The molecule has 2 aromatic carbocycles. The number of rotatable bonds is 4. The van der Waals surface area contributed by atoms with Crippen molar-refractivity contribution in [2.24, 2.45) is 4.99 Å². The van der Waals surface area contributed by atoms with E-state index < -0.39 is 5.54 Å². The second-order valence-corrected chi connectivity index (χ2v) is 10.6. The fraction of sp³-hybridized carbons (Fsp3) is 0.464. The first-order valence-corrected chi connectivity index (χ1v) is 10.8. The quantitative estimate of drug-likeness (QED) is 0.497. The van der Waals surface area contributed by atoms with E-state index in [-0.39, 0.29) is 10.8 Å². The van der Waals surface area contributed by atoms with Gasteiger partial charge < -0.3 is 4.74 Å².